The number of carbonyl (C=O) groups excluding carboxylic acids is 1. The Kier molecular flexibility index (Phi) is 7.03. The first-order valence-electron chi connectivity index (χ1n) is 10.0. The number of aromatic nitrogens is 2. The monoisotopic (exact) mass is 505 g/mol. The summed E-state index contributed by atoms with van der Waals surface area (Å²) < 4.78 is 94.6. The van der Waals surface area contributed by atoms with Crippen LogP contribution in [0.2, 0.25) is 0 Å². The molecule has 0 saturated heterocycles. The minimum Gasteiger partial charge on any atom is -0.352 e. The molecule has 1 amide bonds. The van der Waals surface area contributed by atoms with E-state index in [2.05, 4.69) is 15.3 Å². The maximum atomic E-state index is 15.3. The first kappa shape index (κ1) is 25.9. The molecule has 0 spiro atoms. The van der Waals surface area contributed by atoms with Crippen LogP contribution in [0.25, 0.3) is 11.4 Å². The van der Waals surface area contributed by atoms with Crippen LogP contribution < -0.4 is 15.8 Å². The highest BCUT2D eigenvalue weighted by Gasteiger charge is 2.37. The summed E-state index contributed by atoms with van der Waals surface area (Å²) in [6, 6.07) is 2.26. The van der Waals surface area contributed by atoms with Gasteiger partial charge < -0.3 is 15.2 Å². The van der Waals surface area contributed by atoms with E-state index >= 15 is 4.39 Å². The topological polar surface area (TPSA) is 90.4 Å². The lowest BCUT2D eigenvalue weighted by Gasteiger charge is -2.22. The zero-order valence-corrected chi connectivity index (χ0v) is 18.2. The Bertz CT molecular complexity index is 1250. The number of hydrogen-bond acceptors (Lipinski definition) is 5. The minimum atomic E-state index is -5.04. The van der Waals surface area contributed by atoms with E-state index in [1.807, 2.05) is 4.98 Å². The average Bonchev–Trinajstić information content (AvgIpc) is 2.76. The predicted octanol–water partition coefficient (Wildman–Crippen LogP) is 4.16. The molecule has 3 rings (SSSR count). The van der Waals surface area contributed by atoms with Crippen LogP contribution in [0.3, 0.4) is 0 Å². The van der Waals surface area contributed by atoms with Crippen LogP contribution in [0.15, 0.2) is 40.3 Å². The van der Waals surface area contributed by atoms with Crippen LogP contribution in [0.5, 0.6) is 0 Å². The molecule has 188 valence electrons. The lowest BCUT2D eigenvalue weighted by molar-refractivity contribution is -0.137. The molecule has 35 heavy (non-hydrogen) atoms. The maximum absolute atomic E-state index is 15.3. The summed E-state index contributed by atoms with van der Waals surface area (Å²) >= 11 is 0. The standard InChI is InChI=1S/C21H18F7N5O2/c1-10(2)19(35)29-8-11-3-4-12(20(23,24)25)16(17(11)22)18-31-14(7-15(34)32-18)33-6-5-13(30-9-33)21(26,27)28/h3-7,10H,8-9H2,1-2H3,(H,29,35)(H,31,32,34). The van der Waals surface area contributed by atoms with Crippen molar-refractivity contribution in [1.82, 2.24) is 15.3 Å². The van der Waals surface area contributed by atoms with Crippen LogP contribution in [-0.4, -0.2) is 34.4 Å². The van der Waals surface area contributed by atoms with E-state index in [0.717, 1.165) is 23.2 Å². The average molecular weight is 505 g/mol. The van der Waals surface area contributed by atoms with E-state index in [-0.39, 0.29) is 11.4 Å². The number of aliphatic imine (C=N–C) groups is 1. The lowest BCUT2D eigenvalue weighted by Crippen LogP contribution is -2.30. The predicted molar refractivity (Wildman–Crippen MR) is 112 cm³/mol. The van der Waals surface area contributed by atoms with E-state index in [1.165, 1.54) is 0 Å². The third-order valence-corrected chi connectivity index (χ3v) is 4.86. The SMILES string of the molecule is CC(C)C(=O)NCc1ccc(C(F)(F)F)c(-c2nc(N3C=CC(C(F)(F)F)=NC3)cc(=O)[nH]2)c1F. The summed E-state index contributed by atoms with van der Waals surface area (Å²) in [5.74, 6) is -3.45. The largest absolute Gasteiger partial charge is 0.433 e. The van der Waals surface area contributed by atoms with Crippen molar-refractivity contribution in [3.8, 4) is 11.4 Å². The highest BCUT2D eigenvalue weighted by Crippen LogP contribution is 2.38. The molecule has 0 bridgehead atoms. The van der Waals surface area contributed by atoms with Gasteiger partial charge in [0.25, 0.3) is 5.56 Å². The molecule has 0 aliphatic carbocycles. The number of carbonyl (C=O) groups is 1. The van der Waals surface area contributed by atoms with Gasteiger partial charge in [-0.25, -0.2) is 9.37 Å². The molecule has 1 aliphatic heterocycles. The zero-order chi connectivity index (χ0) is 26.1. The van der Waals surface area contributed by atoms with Gasteiger partial charge in [0, 0.05) is 30.3 Å². The second-order valence-electron chi connectivity index (χ2n) is 7.75. The van der Waals surface area contributed by atoms with Crippen molar-refractivity contribution in [2.24, 2.45) is 10.9 Å². The van der Waals surface area contributed by atoms with Crippen LogP contribution in [0.4, 0.5) is 36.6 Å². The fraction of sp³-hybridized carbons (Fsp3) is 0.333. The smallest absolute Gasteiger partial charge is 0.352 e. The number of allylic oxidation sites excluding steroid dienone is 1. The van der Waals surface area contributed by atoms with Crippen molar-refractivity contribution in [1.29, 1.82) is 0 Å². The van der Waals surface area contributed by atoms with Gasteiger partial charge in [0.2, 0.25) is 5.91 Å². The van der Waals surface area contributed by atoms with Crippen LogP contribution >= 0.6 is 0 Å². The molecule has 0 radical (unpaired) electrons. The fourth-order valence-electron chi connectivity index (χ4n) is 3.07. The molecule has 2 aromatic rings. The first-order chi connectivity index (χ1) is 16.2. The third kappa shape index (κ3) is 5.87. The van der Waals surface area contributed by atoms with Crippen molar-refractivity contribution in [3.05, 3.63) is 57.8 Å². The number of hydrogen-bond donors (Lipinski definition) is 2. The Morgan fingerprint density at radius 2 is 1.86 bits per heavy atom. The number of anilines is 1. The molecular formula is C21H18F7N5O2. The number of nitrogens with zero attached hydrogens (tertiary/aromatic N) is 3. The van der Waals surface area contributed by atoms with E-state index in [4.69, 9.17) is 0 Å². The van der Waals surface area contributed by atoms with Gasteiger partial charge >= 0.3 is 12.4 Å². The van der Waals surface area contributed by atoms with Crippen molar-refractivity contribution in [2.45, 2.75) is 32.7 Å². The van der Waals surface area contributed by atoms with Crippen molar-refractivity contribution >= 4 is 17.4 Å². The second-order valence-corrected chi connectivity index (χ2v) is 7.75. The zero-order valence-electron chi connectivity index (χ0n) is 18.2. The summed E-state index contributed by atoms with van der Waals surface area (Å²) in [7, 11) is 0. The summed E-state index contributed by atoms with van der Waals surface area (Å²) in [6.07, 6.45) is -8.25. The van der Waals surface area contributed by atoms with Crippen LogP contribution in [-0.2, 0) is 17.5 Å². The highest BCUT2D eigenvalue weighted by atomic mass is 19.4. The lowest BCUT2D eigenvalue weighted by atomic mass is 10.0. The first-order valence-corrected chi connectivity index (χ1v) is 10.0. The van der Waals surface area contributed by atoms with E-state index in [9.17, 15) is 35.9 Å². The molecule has 0 fully saturated rings. The number of alkyl halides is 6. The van der Waals surface area contributed by atoms with Gasteiger partial charge in [-0.3, -0.25) is 14.6 Å². The normalized spacial score (nSPS) is 14.3. The van der Waals surface area contributed by atoms with Gasteiger partial charge in [0.1, 0.15) is 29.8 Å². The fourth-order valence-corrected chi connectivity index (χ4v) is 3.07. The minimum absolute atomic E-state index is 0.299. The van der Waals surface area contributed by atoms with Gasteiger partial charge in [0.15, 0.2) is 0 Å². The number of halogens is 7. The molecule has 2 heterocycles. The quantitative estimate of drug-likeness (QED) is 0.598. The molecule has 0 unspecified atom stereocenters. The molecule has 2 N–H and O–H groups in total. The Hall–Kier alpha value is -3.71. The molecule has 14 heteroatoms. The van der Waals surface area contributed by atoms with E-state index in [1.54, 1.807) is 13.8 Å². The highest BCUT2D eigenvalue weighted by molar-refractivity contribution is 6.00. The van der Waals surface area contributed by atoms with Crippen molar-refractivity contribution in [2.75, 3.05) is 11.6 Å². The Morgan fingerprint density at radius 1 is 1.17 bits per heavy atom. The van der Waals surface area contributed by atoms with Gasteiger partial charge in [-0.1, -0.05) is 19.9 Å². The molecule has 7 nitrogen and oxygen atoms in total. The third-order valence-electron chi connectivity index (χ3n) is 4.86. The molecule has 1 aliphatic rings. The summed E-state index contributed by atoms with van der Waals surface area (Å²) in [4.78, 5) is 34.2. The van der Waals surface area contributed by atoms with Gasteiger partial charge in [-0.2, -0.15) is 26.3 Å². The summed E-state index contributed by atoms with van der Waals surface area (Å²) in [5.41, 5.74) is -4.99. The van der Waals surface area contributed by atoms with Crippen LogP contribution in [0, 0.1) is 11.7 Å². The molecule has 1 aromatic carbocycles. The Labute approximate surface area is 193 Å². The number of H-pyrrole nitrogens is 1. The van der Waals surface area contributed by atoms with Gasteiger partial charge in [0.05, 0.1) is 11.1 Å². The van der Waals surface area contributed by atoms with Crippen molar-refractivity contribution < 1.29 is 35.5 Å². The number of nitrogens with one attached hydrogen (secondary N) is 2. The summed E-state index contributed by atoms with van der Waals surface area (Å²) in [6.45, 7) is 2.08. The van der Waals surface area contributed by atoms with Crippen molar-refractivity contribution in [3.63, 3.8) is 0 Å². The van der Waals surface area contributed by atoms with E-state index in [0.29, 0.717) is 12.1 Å². The van der Waals surface area contributed by atoms with Gasteiger partial charge in [-0.15, -0.1) is 0 Å². The molecule has 0 atom stereocenters. The molecular weight excluding hydrogens is 487 g/mol. The maximum Gasteiger partial charge on any atom is 0.433 e. The number of aromatic amines is 1. The Morgan fingerprint density at radius 3 is 2.40 bits per heavy atom. The Balaban J connectivity index is 2.07. The number of benzene rings is 1. The molecule has 1 aromatic heterocycles. The second kappa shape index (κ2) is 9.50. The van der Waals surface area contributed by atoms with E-state index < -0.39 is 71.4 Å². The van der Waals surface area contributed by atoms with Gasteiger partial charge in [-0.05, 0) is 12.1 Å². The summed E-state index contributed by atoms with van der Waals surface area (Å²) in [5, 5.41) is 2.39. The number of rotatable bonds is 5. The number of amides is 1. The molecule has 0 saturated carbocycles. The van der Waals surface area contributed by atoms with Crippen LogP contribution in [0.1, 0.15) is 25.0 Å².